The van der Waals surface area contributed by atoms with Crippen LogP contribution in [-0.2, 0) is 0 Å². The second kappa shape index (κ2) is 8.22. The van der Waals surface area contributed by atoms with Crippen LogP contribution in [0.1, 0.15) is 0 Å². The molecule has 0 aliphatic carbocycles. The van der Waals surface area contributed by atoms with Crippen LogP contribution in [-0.4, -0.2) is 9.13 Å². The van der Waals surface area contributed by atoms with E-state index in [-0.39, 0.29) is 0 Å². The minimum absolute atomic E-state index is 1.16. The average Bonchev–Trinajstić information content (AvgIpc) is 3.51. The van der Waals surface area contributed by atoms with Crippen molar-refractivity contribution in [3.8, 4) is 22.5 Å². The number of benzene rings is 6. The molecule has 0 spiro atoms. The molecule has 2 heteroatoms. The van der Waals surface area contributed by atoms with Gasteiger partial charge in [-0.05, 0) is 53.6 Å². The molecule has 6 aromatic carbocycles. The van der Waals surface area contributed by atoms with E-state index in [4.69, 9.17) is 0 Å². The first-order valence-corrected chi connectivity index (χ1v) is 13.0. The van der Waals surface area contributed by atoms with Gasteiger partial charge in [0.15, 0.2) is 0 Å². The van der Waals surface area contributed by atoms with Crippen LogP contribution in [0.3, 0.4) is 0 Å². The van der Waals surface area contributed by atoms with Gasteiger partial charge in [-0.2, -0.15) is 0 Å². The smallest absolute Gasteiger partial charge is 0.0562 e. The van der Waals surface area contributed by atoms with Crippen molar-refractivity contribution in [3.63, 3.8) is 0 Å². The van der Waals surface area contributed by atoms with Crippen LogP contribution in [0.5, 0.6) is 0 Å². The summed E-state index contributed by atoms with van der Waals surface area (Å²) in [5.41, 5.74) is 9.67. The molecule has 0 atom stereocenters. The molecule has 0 saturated heterocycles. The van der Waals surface area contributed by atoms with E-state index in [0.29, 0.717) is 0 Å². The van der Waals surface area contributed by atoms with Gasteiger partial charge in [-0.3, -0.25) is 0 Å². The van der Waals surface area contributed by atoms with Crippen molar-refractivity contribution in [1.82, 2.24) is 9.13 Å². The Balaban J connectivity index is 1.48. The van der Waals surface area contributed by atoms with Gasteiger partial charge in [0.2, 0.25) is 0 Å². The zero-order valence-electron chi connectivity index (χ0n) is 20.8. The molecule has 0 saturated carbocycles. The molecule has 2 aromatic heterocycles. The van der Waals surface area contributed by atoms with Crippen molar-refractivity contribution in [2.75, 3.05) is 0 Å². The molecule has 0 aliphatic heterocycles. The van der Waals surface area contributed by atoms with E-state index in [2.05, 4.69) is 155 Å². The van der Waals surface area contributed by atoms with Gasteiger partial charge in [0.1, 0.15) is 0 Å². The fourth-order valence-corrected chi connectivity index (χ4v) is 6.10. The maximum atomic E-state index is 2.43. The monoisotopic (exact) mass is 484 g/mol. The Morgan fingerprint density at radius 2 is 0.868 bits per heavy atom. The summed E-state index contributed by atoms with van der Waals surface area (Å²) < 4.78 is 4.85. The highest BCUT2D eigenvalue weighted by Crippen LogP contribution is 2.40. The largest absolute Gasteiger partial charge is 0.309 e. The molecule has 2 heterocycles. The van der Waals surface area contributed by atoms with Crippen LogP contribution in [0.15, 0.2) is 146 Å². The van der Waals surface area contributed by atoms with E-state index in [9.17, 15) is 0 Å². The number of rotatable bonds is 3. The standard InChI is InChI=1S/C36H24N2/c1-2-12-25(13-3-1)26-14-10-15-27(24-26)37-33-21-9-6-18-30(33)36-34(37)22-11-23-35(36)38-31-19-7-4-16-28(31)29-17-5-8-20-32(29)38/h1-24H. The molecular weight excluding hydrogens is 460 g/mol. The molecule has 0 unspecified atom stereocenters. The van der Waals surface area contributed by atoms with Crippen LogP contribution >= 0.6 is 0 Å². The van der Waals surface area contributed by atoms with E-state index < -0.39 is 0 Å². The molecular formula is C36H24N2. The minimum atomic E-state index is 1.16. The highest BCUT2D eigenvalue weighted by molar-refractivity contribution is 6.16. The van der Waals surface area contributed by atoms with Gasteiger partial charge in [0.25, 0.3) is 0 Å². The summed E-state index contributed by atoms with van der Waals surface area (Å²) in [5.74, 6) is 0. The van der Waals surface area contributed by atoms with Crippen LogP contribution < -0.4 is 0 Å². The predicted octanol–water partition coefficient (Wildman–Crippen LogP) is 9.55. The second-order valence-corrected chi connectivity index (χ2v) is 9.81. The van der Waals surface area contributed by atoms with E-state index in [1.807, 2.05) is 0 Å². The first-order valence-electron chi connectivity index (χ1n) is 13.0. The number of nitrogens with zero attached hydrogens (tertiary/aromatic N) is 2. The third kappa shape index (κ3) is 3.01. The van der Waals surface area contributed by atoms with Crippen LogP contribution in [0, 0.1) is 0 Å². The number of aromatic nitrogens is 2. The Kier molecular flexibility index (Phi) is 4.55. The van der Waals surface area contributed by atoms with Gasteiger partial charge in [0.05, 0.1) is 27.8 Å². The quantitative estimate of drug-likeness (QED) is 0.236. The average molecular weight is 485 g/mol. The molecule has 8 aromatic rings. The van der Waals surface area contributed by atoms with Crippen molar-refractivity contribution in [3.05, 3.63) is 146 Å². The lowest BCUT2D eigenvalue weighted by atomic mass is 10.1. The van der Waals surface area contributed by atoms with Gasteiger partial charge in [-0.15, -0.1) is 0 Å². The van der Waals surface area contributed by atoms with Crippen LogP contribution in [0.2, 0.25) is 0 Å². The number of fused-ring (bicyclic) bond motifs is 6. The summed E-state index contributed by atoms with van der Waals surface area (Å²) in [6, 6.07) is 52.4. The lowest BCUT2D eigenvalue weighted by Gasteiger charge is -2.12. The predicted molar refractivity (Wildman–Crippen MR) is 161 cm³/mol. The molecule has 178 valence electrons. The highest BCUT2D eigenvalue weighted by Gasteiger charge is 2.19. The molecule has 0 N–H and O–H groups in total. The third-order valence-corrected chi connectivity index (χ3v) is 7.71. The molecule has 0 bridgehead atoms. The fourth-order valence-electron chi connectivity index (χ4n) is 6.10. The van der Waals surface area contributed by atoms with E-state index in [1.165, 1.54) is 60.4 Å². The van der Waals surface area contributed by atoms with E-state index >= 15 is 0 Å². The molecule has 0 aliphatic rings. The Morgan fingerprint density at radius 1 is 0.342 bits per heavy atom. The maximum Gasteiger partial charge on any atom is 0.0562 e. The summed E-state index contributed by atoms with van der Waals surface area (Å²) in [6.07, 6.45) is 0. The van der Waals surface area contributed by atoms with Crippen LogP contribution in [0.4, 0.5) is 0 Å². The van der Waals surface area contributed by atoms with Crippen molar-refractivity contribution in [1.29, 1.82) is 0 Å². The topological polar surface area (TPSA) is 9.86 Å². The highest BCUT2D eigenvalue weighted by atomic mass is 15.0. The minimum Gasteiger partial charge on any atom is -0.309 e. The summed E-state index contributed by atoms with van der Waals surface area (Å²) >= 11 is 0. The Bertz CT molecular complexity index is 2070. The summed E-state index contributed by atoms with van der Waals surface area (Å²) in [4.78, 5) is 0. The van der Waals surface area contributed by atoms with Crippen LogP contribution in [0.25, 0.3) is 66.1 Å². The molecule has 0 amide bonds. The first-order chi connectivity index (χ1) is 18.9. The number of para-hydroxylation sites is 3. The fraction of sp³-hybridized carbons (Fsp3) is 0. The van der Waals surface area contributed by atoms with Crippen molar-refractivity contribution < 1.29 is 0 Å². The third-order valence-electron chi connectivity index (χ3n) is 7.71. The lowest BCUT2D eigenvalue weighted by Crippen LogP contribution is -1.96. The van der Waals surface area contributed by atoms with Crippen molar-refractivity contribution >= 4 is 43.6 Å². The Hall–Kier alpha value is -5.08. The van der Waals surface area contributed by atoms with E-state index in [1.54, 1.807) is 0 Å². The number of hydrogen-bond donors (Lipinski definition) is 0. The summed E-state index contributed by atoms with van der Waals surface area (Å²) in [7, 11) is 0. The summed E-state index contributed by atoms with van der Waals surface area (Å²) in [6.45, 7) is 0. The van der Waals surface area contributed by atoms with Gasteiger partial charge in [-0.1, -0.05) is 103 Å². The van der Waals surface area contributed by atoms with Gasteiger partial charge < -0.3 is 9.13 Å². The van der Waals surface area contributed by atoms with Crippen molar-refractivity contribution in [2.45, 2.75) is 0 Å². The normalized spacial score (nSPS) is 11.7. The molecule has 2 nitrogen and oxygen atoms in total. The van der Waals surface area contributed by atoms with Gasteiger partial charge in [-0.25, -0.2) is 0 Å². The Labute approximate surface area is 220 Å². The van der Waals surface area contributed by atoms with Gasteiger partial charge in [0, 0.05) is 27.2 Å². The molecule has 0 fully saturated rings. The van der Waals surface area contributed by atoms with Gasteiger partial charge >= 0.3 is 0 Å². The summed E-state index contributed by atoms with van der Waals surface area (Å²) in [5, 5.41) is 5.07. The first kappa shape index (κ1) is 21.0. The van der Waals surface area contributed by atoms with Crippen molar-refractivity contribution in [2.24, 2.45) is 0 Å². The molecule has 8 rings (SSSR count). The van der Waals surface area contributed by atoms with E-state index in [0.717, 1.165) is 5.69 Å². The zero-order chi connectivity index (χ0) is 25.1. The Morgan fingerprint density at radius 3 is 1.58 bits per heavy atom. The number of hydrogen-bond acceptors (Lipinski definition) is 0. The SMILES string of the molecule is c1ccc(-c2cccc(-n3c4ccccc4c4c(-n5c6ccccc6c6ccccc65)cccc43)c2)cc1. The zero-order valence-corrected chi connectivity index (χ0v) is 20.8. The maximum absolute atomic E-state index is 2.43. The second-order valence-electron chi connectivity index (χ2n) is 9.81. The lowest BCUT2D eigenvalue weighted by molar-refractivity contribution is 1.17. The molecule has 38 heavy (non-hydrogen) atoms. The molecule has 0 radical (unpaired) electrons.